The molecule has 3 aromatic rings. The van der Waals surface area contributed by atoms with E-state index < -0.39 is 21.9 Å². The second kappa shape index (κ2) is 10.9. The van der Waals surface area contributed by atoms with Crippen molar-refractivity contribution in [3.63, 3.8) is 0 Å². The molecule has 0 aromatic heterocycles. The van der Waals surface area contributed by atoms with E-state index >= 15 is 0 Å². The summed E-state index contributed by atoms with van der Waals surface area (Å²) in [6, 6.07) is 15.3. The predicted molar refractivity (Wildman–Crippen MR) is 136 cm³/mol. The van der Waals surface area contributed by atoms with E-state index in [1.165, 1.54) is 37.4 Å². The van der Waals surface area contributed by atoms with Crippen molar-refractivity contribution in [1.29, 1.82) is 0 Å². The van der Waals surface area contributed by atoms with E-state index in [0.29, 0.717) is 21.5 Å². The highest BCUT2D eigenvalue weighted by Gasteiger charge is 2.35. The largest absolute Gasteiger partial charge is 0.493 e. The highest BCUT2D eigenvalue weighted by atomic mass is 79.9. The number of methoxy groups -OCH3 is 1. The molecule has 1 aliphatic heterocycles. The number of rotatable bonds is 8. The number of hydrogen-bond donors (Lipinski definition) is 0. The molecular formula is C25H18BrFN2O6S. The number of hydrogen-bond acceptors (Lipinski definition) is 7. The first-order chi connectivity index (χ1) is 17.3. The van der Waals surface area contributed by atoms with Crippen molar-refractivity contribution in [2.24, 2.45) is 0 Å². The van der Waals surface area contributed by atoms with Crippen molar-refractivity contribution in [3.8, 4) is 11.5 Å². The lowest BCUT2D eigenvalue weighted by Crippen LogP contribution is -2.27. The number of nitro groups is 1. The molecule has 0 N–H and O–H groups in total. The van der Waals surface area contributed by atoms with E-state index in [2.05, 4.69) is 15.9 Å². The summed E-state index contributed by atoms with van der Waals surface area (Å²) >= 11 is 4.23. The Balaban J connectivity index is 1.52. The first-order valence-corrected chi connectivity index (χ1v) is 12.1. The molecule has 1 heterocycles. The van der Waals surface area contributed by atoms with Gasteiger partial charge in [0.25, 0.3) is 16.8 Å². The van der Waals surface area contributed by atoms with Crippen LogP contribution in [0.25, 0.3) is 6.08 Å². The van der Waals surface area contributed by atoms with Gasteiger partial charge < -0.3 is 9.47 Å². The fraction of sp³-hybridized carbons (Fsp3) is 0.120. The second-order valence-corrected chi connectivity index (χ2v) is 9.44. The number of imide groups is 1. The molecule has 3 aromatic carbocycles. The van der Waals surface area contributed by atoms with E-state index in [1.807, 2.05) is 0 Å². The van der Waals surface area contributed by atoms with Gasteiger partial charge in [-0.05, 0) is 59.3 Å². The summed E-state index contributed by atoms with van der Waals surface area (Å²) in [6.45, 7) is -0.0103. The monoisotopic (exact) mass is 572 g/mol. The summed E-state index contributed by atoms with van der Waals surface area (Å²) in [5.74, 6) is -0.209. The third-order valence-corrected chi connectivity index (χ3v) is 6.87. The van der Waals surface area contributed by atoms with Crippen molar-refractivity contribution in [3.05, 3.63) is 103 Å². The zero-order chi connectivity index (χ0) is 25.8. The highest BCUT2D eigenvalue weighted by molar-refractivity contribution is 9.10. The van der Waals surface area contributed by atoms with Crippen LogP contribution in [0.1, 0.15) is 16.7 Å². The van der Waals surface area contributed by atoms with Crippen LogP contribution in [0.5, 0.6) is 11.5 Å². The van der Waals surface area contributed by atoms with E-state index in [9.17, 15) is 24.1 Å². The van der Waals surface area contributed by atoms with Crippen LogP contribution in [0, 0.1) is 15.9 Å². The minimum absolute atomic E-state index is 0.0123. The normalized spacial score (nSPS) is 14.4. The number of benzene rings is 3. The maximum Gasteiger partial charge on any atom is 0.293 e. The van der Waals surface area contributed by atoms with Crippen molar-refractivity contribution in [2.75, 3.05) is 7.11 Å². The Kier molecular flexibility index (Phi) is 7.70. The predicted octanol–water partition coefficient (Wildman–Crippen LogP) is 6.32. The fourth-order valence-corrected chi connectivity index (χ4v) is 4.65. The Morgan fingerprint density at radius 3 is 2.50 bits per heavy atom. The zero-order valence-electron chi connectivity index (χ0n) is 18.8. The fourth-order valence-electron chi connectivity index (χ4n) is 3.38. The molecule has 11 heteroatoms. The van der Waals surface area contributed by atoms with Gasteiger partial charge in [-0.3, -0.25) is 24.6 Å². The summed E-state index contributed by atoms with van der Waals surface area (Å²) in [6.07, 6.45) is 1.55. The van der Waals surface area contributed by atoms with Gasteiger partial charge >= 0.3 is 0 Å². The van der Waals surface area contributed by atoms with Crippen molar-refractivity contribution >= 4 is 50.6 Å². The molecule has 0 spiro atoms. The molecule has 2 amide bonds. The molecule has 0 unspecified atom stereocenters. The van der Waals surface area contributed by atoms with E-state index in [1.54, 1.807) is 36.4 Å². The average Bonchev–Trinajstić information content (AvgIpc) is 3.12. The van der Waals surface area contributed by atoms with Crippen LogP contribution in [0.2, 0.25) is 0 Å². The van der Waals surface area contributed by atoms with Gasteiger partial charge in [0.2, 0.25) is 0 Å². The van der Waals surface area contributed by atoms with Crippen LogP contribution >= 0.6 is 27.7 Å². The second-order valence-electron chi connectivity index (χ2n) is 7.60. The Hall–Kier alpha value is -3.70. The molecule has 1 saturated heterocycles. The van der Waals surface area contributed by atoms with Gasteiger partial charge in [-0.15, -0.1) is 0 Å². The number of ether oxygens (including phenoxy) is 2. The summed E-state index contributed by atoms with van der Waals surface area (Å²) in [5.41, 5.74) is 1.54. The number of nitrogens with zero attached hydrogens (tertiary/aromatic N) is 2. The Bertz CT molecular complexity index is 1380. The molecular weight excluding hydrogens is 555 g/mol. The van der Waals surface area contributed by atoms with Gasteiger partial charge in [-0.25, -0.2) is 4.39 Å². The lowest BCUT2D eigenvalue weighted by molar-refractivity contribution is -0.384. The lowest BCUT2D eigenvalue weighted by Gasteiger charge is -2.14. The van der Waals surface area contributed by atoms with Crippen molar-refractivity contribution in [2.45, 2.75) is 13.2 Å². The molecule has 0 bridgehead atoms. The van der Waals surface area contributed by atoms with Crippen LogP contribution < -0.4 is 9.47 Å². The molecule has 36 heavy (non-hydrogen) atoms. The standard InChI is InChI=1S/C25H18BrFN2O6S/c1-34-21-10-17(19(26)12-22(21)35-14-15-6-8-18(9-7-15)29(32)33)11-23-24(30)28(25(31)36-23)13-16-4-2-3-5-20(16)27/h2-12H,13-14H2,1H3/b23-11+. The summed E-state index contributed by atoms with van der Waals surface area (Å²) < 4.78 is 25.9. The molecule has 184 valence electrons. The maximum absolute atomic E-state index is 14.0. The first kappa shape index (κ1) is 25.4. The topological polar surface area (TPSA) is 99.0 Å². The van der Waals surface area contributed by atoms with Crippen molar-refractivity contribution in [1.82, 2.24) is 4.90 Å². The number of thioether (sulfide) groups is 1. The quantitative estimate of drug-likeness (QED) is 0.177. The van der Waals surface area contributed by atoms with Gasteiger partial charge in [0.05, 0.1) is 23.5 Å². The van der Waals surface area contributed by atoms with E-state index in [-0.39, 0.29) is 29.3 Å². The Labute approximate surface area is 218 Å². The lowest BCUT2D eigenvalue weighted by atomic mass is 10.1. The number of halogens is 2. The third-order valence-electron chi connectivity index (χ3n) is 5.27. The molecule has 0 radical (unpaired) electrons. The van der Waals surface area contributed by atoms with Gasteiger partial charge in [0, 0.05) is 22.2 Å². The smallest absolute Gasteiger partial charge is 0.293 e. The summed E-state index contributed by atoms with van der Waals surface area (Å²) in [4.78, 5) is 36.9. The summed E-state index contributed by atoms with van der Waals surface area (Å²) in [7, 11) is 1.47. The number of nitro benzene ring substituents is 1. The Morgan fingerprint density at radius 1 is 1.11 bits per heavy atom. The molecule has 0 atom stereocenters. The average molecular weight is 573 g/mol. The van der Waals surface area contributed by atoms with E-state index in [0.717, 1.165) is 22.2 Å². The van der Waals surface area contributed by atoms with Crippen LogP contribution in [0.15, 0.2) is 70.0 Å². The SMILES string of the molecule is COc1cc(/C=C2/SC(=O)N(Cc3ccccc3F)C2=O)c(Br)cc1OCc1ccc([N+](=O)[O-])cc1. The number of amides is 2. The third kappa shape index (κ3) is 5.58. The molecule has 4 rings (SSSR count). The molecule has 1 fully saturated rings. The van der Waals surface area contributed by atoms with Gasteiger partial charge in [-0.1, -0.05) is 34.1 Å². The minimum atomic E-state index is -0.516. The minimum Gasteiger partial charge on any atom is -0.493 e. The van der Waals surface area contributed by atoms with Gasteiger partial charge in [0.1, 0.15) is 12.4 Å². The number of carbonyl (C=O) groups excluding carboxylic acids is 2. The van der Waals surface area contributed by atoms with Gasteiger partial charge in [0.15, 0.2) is 11.5 Å². The highest BCUT2D eigenvalue weighted by Crippen LogP contribution is 2.38. The van der Waals surface area contributed by atoms with E-state index in [4.69, 9.17) is 9.47 Å². The van der Waals surface area contributed by atoms with Gasteiger partial charge in [-0.2, -0.15) is 0 Å². The van der Waals surface area contributed by atoms with Crippen LogP contribution in [-0.4, -0.2) is 28.1 Å². The maximum atomic E-state index is 14.0. The Morgan fingerprint density at radius 2 is 1.83 bits per heavy atom. The van der Waals surface area contributed by atoms with Crippen LogP contribution in [-0.2, 0) is 17.9 Å². The van der Waals surface area contributed by atoms with Crippen LogP contribution in [0.3, 0.4) is 0 Å². The first-order valence-electron chi connectivity index (χ1n) is 10.5. The van der Waals surface area contributed by atoms with Crippen LogP contribution in [0.4, 0.5) is 14.9 Å². The zero-order valence-corrected chi connectivity index (χ0v) is 21.2. The number of non-ortho nitro benzene ring substituents is 1. The molecule has 0 saturated carbocycles. The summed E-state index contributed by atoms with van der Waals surface area (Å²) in [5, 5.41) is 10.3. The molecule has 1 aliphatic rings. The molecule has 0 aliphatic carbocycles. The molecule has 8 nitrogen and oxygen atoms in total. The number of carbonyl (C=O) groups is 2. The van der Waals surface area contributed by atoms with Crippen molar-refractivity contribution < 1.29 is 28.4 Å².